The van der Waals surface area contributed by atoms with E-state index in [0.29, 0.717) is 5.92 Å². The lowest BCUT2D eigenvalue weighted by atomic mass is 10.0. The molecule has 3 rings (SSSR count). The average molecular weight is 269 g/mol. The molecule has 2 heteroatoms. The summed E-state index contributed by atoms with van der Waals surface area (Å²) in [7, 11) is 0. The summed E-state index contributed by atoms with van der Waals surface area (Å²) in [6.45, 7) is 4.24. The molecular weight excluding hydrogens is 249 g/mol. The number of benzene rings is 2. The van der Waals surface area contributed by atoms with Crippen LogP contribution in [0.1, 0.15) is 35.6 Å². The average Bonchev–Trinajstić information content (AvgIpc) is 3.24. The van der Waals surface area contributed by atoms with Crippen LogP contribution in [0.5, 0.6) is 0 Å². The second-order valence-electron chi connectivity index (χ2n) is 5.83. The molecule has 0 heterocycles. The summed E-state index contributed by atoms with van der Waals surface area (Å²) in [6, 6.07) is 13.6. The predicted octanol–water partition coefficient (Wildman–Crippen LogP) is 5.01. The third-order valence-electron chi connectivity index (χ3n) is 4.02. The maximum atomic E-state index is 13.1. The summed E-state index contributed by atoms with van der Waals surface area (Å²) >= 11 is 0. The second kappa shape index (κ2) is 5.28. The summed E-state index contributed by atoms with van der Waals surface area (Å²) in [4.78, 5) is 0. The maximum absolute atomic E-state index is 13.1. The fourth-order valence-corrected chi connectivity index (χ4v) is 2.72. The van der Waals surface area contributed by atoms with Gasteiger partial charge in [-0.3, -0.25) is 0 Å². The maximum Gasteiger partial charge on any atom is 0.123 e. The highest BCUT2D eigenvalue weighted by atomic mass is 19.1. The van der Waals surface area contributed by atoms with E-state index in [4.69, 9.17) is 0 Å². The highest BCUT2D eigenvalue weighted by Crippen LogP contribution is 2.43. The van der Waals surface area contributed by atoms with Gasteiger partial charge in [-0.1, -0.05) is 29.8 Å². The van der Waals surface area contributed by atoms with E-state index in [-0.39, 0.29) is 11.9 Å². The number of nitrogens with one attached hydrogen (secondary N) is 1. The second-order valence-corrected chi connectivity index (χ2v) is 5.83. The Morgan fingerprint density at radius 3 is 2.35 bits per heavy atom. The fraction of sp³-hybridized carbons (Fsp3) is 0.333. The zero-order chi connectivity index (χ0) is 14.1. The van der Waals surface area contributed by atoms with E-state index in [2.05, 4.69) is 37.4 Å². The Balaban J connectivity index is 1.86. The van der Waals surface area contributed by atoms with E-state index >= 15 is 0 Å². The fourth-order valence-electron chi connectivity index (χ4n) is 2.72. The van der Waals surface area contributed by atoms with Gasteiger partial charge in [0.1, 0.15) is 5.82 Å². The van der Waals surface area contributed by atoms with Crippen LogP contribution in [0.15, 0.2) is 42.5 Å². The van der Waals surface area contributed by atoms with Crippen LogP contribution >= 0.6 is 0 Å². The first-order chi connectivity index (χ1) is 9.63. The zero-order valence-corrected chi connectivity index (χ0v) is 12.0. The van der Waals surface area contributed by atoms with Crippen LogP contribution in [0, 0.1) is 25.6 Å². The van der Waals surface area contributed by atoms with E-state index in [9.17, 15) is 4.39 Å². The lowest BCUT2D eigenvalue weighted by molar-refractivity contribution is 0.622. The predicted molar refractivity (Wildman–Crippen MR) is 81.4 cm³/mol. The van der Waals surface area contributed by atoms with Crippen LogP contribution in [0.4, 0.5) is 10.1 Å². The Morgan fingerprint density at radius 1 is 1.05 bits per heavy atom. The molecule has 0 aliphatic heterocycles. The molecule has 104 valence electrons. The van der Waals surface area contributed by atoms with Gasteiger partial charge in [0.15, 0.2) is 0 Å². The SMILES string of the molecule is Cc1ccc(NC(c2ccc(F)cc2)C2CC2)c(C)c1. The van der Waals surface area contributed by atoms with Crippen molar-refractivity contribution in [2.75, 3.05) is 5.32 Å². The zero-order valence-electron chi connectivity index (χ0n) is 12.0. The van der Waals surface area contributed by atoms with Crippen LogP contribution in [0.3, 0.4) is 0 Å². The molecule has 0 aromatic heterocycles. The van der Waals surface area contributed by atoms with Crippen molar-refractivity contribution in [2.24, 2.45) is 5.92 Å². The highest BCUT2D eigenvalue weighted by molar-refractivity contribution is 5.53. The van der Waals surface area contributed by atoms with Crippen molar-refractivity contribution in [2.45, 2.75) is 32.7 Å². The molecule has 1 unspecified atom stereocenters. The van der Waals surface area contributed by atoms with Crippen LogP contribution in [0.25, 0.3) is 0 Å². The largest absolute Gasteiger partial charge is 0.378 e. The monoisotopic (exact) mass is 269 g/mol. The van der Waals surface area contributed by atoms with Crippen LogP contribution < -0.4 is 5.32 Å². The van der Waals surface area contributed by atoms with Gasteiger partial charge in [-0.15, -0.1) is 0 Å². The molecule has 20 heavy (non-hydrogen) atoms. The number of hydrogen-bond acceptors (Lipinski definition) is 1. The summed E-state index contributed by atoms with van der Waals surface area (Å²) in [5.74, 6) is 0.496. The summed E-state index contributed by atoms with van der Waals surface area (Å²) in [6.07, 6.45) is 2.50. The Bertz CT molecular complexity index is 599. The molecular formula is C18H20FN. The van der Waals surface area contributed by atoms with Crippen molar-refractivity contribution in [3.8, 4) is 0 Å². The van der Waals surface area contributed by atoms with Gasteiger partial charge in [-0.05, 0) is 61.9 Å². The van der Waals surface area contributed by atoms with Gasteiger partial charge in [0, 0.05) is 5.69 Å². The van der Waals surface area contributed by atoms with Gasteiger partial charge in [-0.25, -0.2) is 4.39 Å². The summed E-state index contributed by atoms with van der Waals surface area (Å²) in [5.41, 5.74) is 4.89. The number of rotatable bonds is 4. The number of halogens is 1. The highest BCUT2D eigenvalue weighted by Gasteiger charge is 2.32. The van der Waals surface area contributed by atoms with Gasteiger partial charge in [0.25, 0.3) is 0 Å². The third-order valence-corrected chi connectivity index (χ3v) is 4.02. The van der Waals surface area contributed by atoms with Crippen molar-refractivity contribution >= 4 is 5.69 Å². The normalized spacial score (nSPS) is 15.9. The lowest BCUT2D eigenvalue weighted by Crippen LogP contribution is -2.13. The molecule has 1 fully saturated rings. The van der Waals surface area contributed by atoms with Crippen molar-refractivity contribution in [3.05, 3.63) is 65.0 Å². The van der Waals surface area contributed by atoms with Crippen molar-refractivity contribution in [1.29, 1.82) is 0 Å². The molecule has 0 spiro atoms. The molecule has 1 aliphatic carbocycles. The minimum atomic E-state index is -0.171. The first-order valence-electron chi connectivity index (χ1n) is 7.23. The summed E-state index contributed by atoms with van der Waals surface area (Å²) in [5, 5.41) is 3.65. The minimum absolute atomic E-state index is 0.171. The van der Waals surface area contributed by atoms with E-state index in [1.807, 2.05) is 12.1 Å². The molecule has 0 saturated heterocycles. The minimum Gasteiger partial charge on any atom is -0.378 e. The molecule has 1 N–H and O–H groups in total. The van der Waals surface area contributed by atoms with Crippen molar-refractivity contribution in [1.82, 2.24) is 0 Å². The molecule has 0 amide bonds. The molecule has 1 atom stereocenters. The van der Waals surface area contributed by atoms with Gasteiger partial charge in [-0.2, -0.15) is 0 Å². The molecule has 1 aliphatic rings. The van der Waals surface area contributed by atoms with Gasteiger partial charge >= 0.3 is 0 Å². The van der Waals surface area contributed by atoms with E-state index in [0.717, 1.165) is 0 Å². The molecule has 1 nitrogen and oxygen atoms in total. The third kappa shape index (κ3) is 2.84. The number of aryl methyl sites for hydroxylation is 2. The van der Waals surface area contributed by atoms with Gasteiger partial charge in [0.05, 0.1) is 6.04 Å². The van der Waals surface area contributed by atoms with E-state index < -0.39 is 0 Å². The molecule has 2 aromatic carbocycles. The standard InChI is InChI=1S/C18H20FN/c1-12-3-10-17(13(2)11-12)20-18(14-4-5-14)15-6-8-16(19)9-7-15/h3,6-11,14,18,20H,4-5H2,1-2H3. The molecule has 2 aromatic rings. The van der Waals surface area contributed by atoms with Crippen LogP contribution in [-0.4, -0.2) is 0 Å². The topological polar surface area (TPSA) is 12.0 Å². The first kappa shape index (κ1) is 13.2. The van der Waals surface area contributed by atoms with Crippen molar-refractivity contribution in [3.63, 3.8) is 0 Å². The Kier molecular flexibility index (Phi) is 3.47. The van der Waals surface area contributed by atoms with Crippen LogP contribution in [0.2, 0.25) is 0 Å². The summed E-state index contributed by atoms with van der Waals surface area (Å²) < 4.78 is 13.1. The van der Waals surface area contributed by atoms with Crippen LogP contribution in [-0.2, 0) is 0 Å². The van der Waals surface area contributed by atoms with Crippen molar-refractivity contribution < 1.29 is 4.39 Å². The molecule has 0 radical (unpaired) electrons. The van der Waals surface area contributed by atoms with E-state index in [1.54, 1.807) is 12.1 Å². The Hall–Kier alpha value is -1.83. The van der Waals surface area contributed by atoms with E-state index in [1.165, 1.54) is 35.2 Å². The Labute approximate surface area is 119 Å². The molecule has 1 saturated carbocycles. The lowest BCUT2D eigenvalue weighted by Gasteiger charge is -2.21. The number of anilines is 1. The van der Waals surface area contributed by atoms with Gasteiger partial charge in [0.2, 0.25) is 0 Å². The Morgan fingerprint density at radius 2 is 1.75 bits per heavy atom. The quantitative estimate of drug-likeness (QED) is 0.823. The molecule has 0 bridgehead atoms. The first-order valence-corrected chi connectivity index (χ1v) is 7.23. The smallest absolute Gasteiger partial charge is 0.123 e. The van der Waals surface area contributed by atoms with Gasteiger partial charge < -0.3 is 5.32 Å². The number of hydrogen-bond donors (Lipinski definition) is 1.